The Morgan fingerprint density at radius 2 is 1.92 bits per heavy atom. The molecule has 1 aromatic carbocycles. The number of benzene rings is 1. The second-order valence-corrected chi connectivity index (χ2v) is 8.02. The monoisotopic (exact) mass is 349 g/mol. The molecule has 6 heteroatoms. The van der Waals surface area contributed by atoms with Gasteiger partial charge >= 0.3 is 6.03 Å². The lowest BCUT2D eigenvalue weighted by atomic mass is 9.88. The number of amides is 3. The summed E-state index contributed by atoms with van der Waals surface area (Å²) >= 11 is 0. The molecule has 1 aliphatic heterocycles. The van der Waals surface area contributed by atoms with Crippen LogP contribution in [0.3, 0.4) is 0 Å². The summed E-state index contributed by atoms with van der Waals surface area (Å²) in [6.07, 6.45) is 0. The molecule has 2 rings (SSSR count). The zero-order valence-corrected chi connectivity index (χ0v) is 15.6. The van der Waals surface area contributed by atoms with E-state index in [4.69, 9.17) is 0 Å². The molecule has 25 heavy (non-hydrogen) atoms. The van der Waals surface area contributed by atoms with Gasteiger partial charge in [0.15, 0.2) is 0 Å². The molecule has 5 nitrogen and oxygen atoms in total. The number of carbonyl (C=O) groups excluding carboxylic acids is 2. The summed E-state index contributed by atoms with van der Waals surface area (Å²) in [5.41, 5.74) is 0.388. The van der Waals surface area contributed by atoms with Crippen molar-refractivity contribution in [2.75, 3.05) is 13.1 Å². The fraction of sp³-hybridized carbons (Fsp3) is 0.579. The van der Waals surface area contributed by atoms with Gasteiger partial charge in [0.2, 0.25) is 5.91 Å². The average molecular weight is 349 g/mol. The van der Waals surface area contributed by atoms with Crippen LogP contribution < -0.4 is 10.6 Å². The van der Waals surface area contributed by atoms with Crippen molar-refractivity contribution in [1.82, 2.24) is 15.5 Å². The molecule has 2 atom stereocenters. The average Bonchev–Trinajstić information content (AvgIpc) is 2.90. The van der Waals surface area contributed by atoms with Crippen molar-refractivity contribution in [3.8, 4) is 0 Å². The van der Waals surface area contributed by atoms with Crippen LogP contribution in [0.5, 0.6) is 0 Å². The van der Waals surface area contributed by atoms with Gasteiger partial charge in [-0.3, -0.25) is 4.79 Å². The van der Waals surface area contributed by atoms with Gasteiger partial charge in [-0.05, 0) is 52.3 Å². The van der Waals surface area contributed by atoms with E-state index in [1.807, 2.05) is 40.7 Å². The van der Waals surface area contributed by atoms with Crippen LogP contribution >= 0.6 is 0 Å². The molecular weight excluding hydrogens is 321 g/mol. The number of urea groups is 1. The van der Waals surface area contributed by atoms with E-state index in [1.54, 1.807) is 11.0 Å². The maximum Gasteiger partial charge on any atom is 0.317 e. The Balaban J connectivity index is 2.24. The lowest BCUT2D eigenvalue weighted by Crippen LogP contribution is -2.48. The predicted molar refractivity (Wildman–Crippen MR) is 95.8 cm³/mol. The number of nitrogens with one attached hydrogen (secondary N) is 2. The molecule has 0 aromatic heterocycles. The van der Waals surface area contributed by atoms with Crippen molar-refractivity contribution in [3.63, 3.8) is 0 Å². The Kier molecular flexibility index (Phi) is 5.70. The van der Waals surface area contributed by atoms with E-state index >= 15 is 0 Å². The Labute approximate surface area is 149 Å². The molecule has 3 amide bonds. The van der Waals surface area contributed by atoms with Gasteiger partial charge in [-0.25, -0.2) is 9.18 Å². The lowest BCUT2D eigenvalue weighted by Gasteiger charge is -2.25. The second kappa shape index (κ2) is 7.42. The van der Waals surface area contributed by atoms with Gasteiger partial charge in [-0.15, -0.1) is 0 Å². The third-order valence-corrected chi connectivity index (χ3v) is 4.13. The van der Waals surface area contributed by atoms with Gasteiger partial charge in [0, 0.05) is 30.6 Å². The summed E-state index contributed by atoms with van der Waals surface area (Å²) in [6, 6.07) is 6.10. The van der Waals surface area contributed by atoms with E-state index in [1.165, 1.54) is 12.1 Å². The summed E-state index contributed by atoms with van der Waals surface area (Å²) in [5.74, 6) is -1.05. The number of rotatable bonds is 3. The van der Waals surface area contributed by atoms with E-state index < -0.39 is 5.92 Å². The number of hydrogen-bond acceptors (Lipinski definition) is 2. The van der Waals surface area contributed by atoms with Gasteiger partial charge in [-0.2, -0.15) is 0 Å². The molecule has 0 radical (unpaired) electrons. The zero-order chi connectivity index (χ0) is 18.8. The van der Waals surface area contributed by atoms with Gasteiger partial charge < -0.3 is 15.5 Å². The molecule has 1 fully saturated rings. The first-order chi connectivity index (χ1) is 11.6. The van der Waals surface area contributed by atoms with Crippen molar-refractivity contribution < 1.29 is 14.0 Å². The van der Waals surface area contributed by atoms with Gasteiger partial charge in [0.05, 0.1) is 5.92 Å². The largest absolute Gasteiger partial charge is 0.354 e. The topological polar surface area (TPSA) is 61.4 Å². The first-order valence-electron chi connectivity index (χ1n) is 8.70. The van der Waals surface area contributed by atoms with Crippen molar-refractivity contribution in [2.24, 2.45) is 5.92 Å². The number of likely N-dealkylation sites (tertiary alicyclic amines) is 1. The van der Waals surface area contributed by atoms with E-state index in [0.717, 1.165) is 5.56 Å². The van der Waals surface area contributed by atoms with Crippen LogP contribution in [0.2, 0.25) is 0 Å². The summed E-state index contributed by atoms with van der Waals surface area (Å²) < 4.78 is 13.6. The van der Waals surface area contributed by atoms with Crippen LogP contribution in [0.1, 0.15) is 46.1 Å². The van der Waals surface area contributed by atoms with Crippen LogP contribution in [-0.2, 0) is 4.79 Å². The lowest BCUT2D eigenvalue weighted by molar-refractivity contribution is -0.125. The second-order valence-electron chi connectivity index (χ2n) is 8.02. The van der Waals surface area contributed by atoms with E-state index in [-0.39, 0.29) is 35.3 Å². The number of halogens is 1. The van der Waals surface area contributed by atoms with Gasteiger partial charge in [0.25, 0.3) is 0 Å². The molecule has 0 spiro atoms. The highest BCUT2D eigenvalue weighted by Crippen LogP contribution is 2.33. The van der Waals surface area contributed by atoms with Crippen molar-refractivity contribution in [2.45, 2.75) is 52.1 Å². The molecule has 1 aromatic rings. The maximum atomic E-state index is 13.6. The van der Waals surface area contributed by atoms with Crippen LogP contribution in [0, 0.1) is 11.7 Å². The molecule has 0 aliphatic carbocycles. The molecule has 2 N–H and O–H groups in total. The number of nitrogens with zero attached hydrogens (tertiary/aromatic N) is 1. The third kappa shape index (κ3) is 5.18. The van der Waals surface area contributed by atoms with E-state index in [9.17, 15) is 14.0 Å². The van der Waals surface area contributed by atoms with Crippen molar-refractivity contribution in [1.29, 1.82) is 0 Å². The highest BCUT2D eigenvalue weighted by atomic mass is 19.1. The Morgan fingerprint density at radius 1 is 1.24 bits per heavy atom. The molecule has 0 unspecified atom stereocenters. The number of hydrogen-bond donors (Lipinski definition) is 2. The Hall–Kier alpha value is -2.11. The molecule has 0 saturated carbocycles. The summed E-state index contributed by atoms with van der Waals surface area (Å²) in [7, 11) is 0. The van der Waals surface area contributed by atoms with Gasteiger partial charge in [-0.1, -0.05) is 12.1 Å². The normalized spacial score (nSPS) is 20.7. The minimum absolute atomic E-state index is 0.0121. The Bertz CT molecular complexity index is 640. The van der Waals surface area contributed by atoms with Crippen molar-refractivity contribution in [3.05, 3.63) is 35.6 Å². The molecule has 1 aliphatic rings. The quantitative estimate of drug-likeness (QED) is 0.881. The first-order valence-corrected chi connectivity index (χ1v) is 8.70. The van der Waals surface area contributed by atoms with Crippen LogP contribution in [-0.4, -0.2) is 41.5 Å². The number of carbonyl (C=O) groups is 2. The predicted octanol–water partition coefficient (Wildman–Crippen LogP) is 2.87. The Morgan fingerprint density at radius 3 is 2.48 bits per heavy atom. The van der Waals surface area contributed by atoms with Crippen LogP contribution in [0.15, 0.2) is 24.3 Å². The molecule has 138 valence electrons. The minimum atomic E-state index is -0.394. The fourth-order valence-electron chi connectivity index (χ4n) is 3.10. The van der Waals surface area contributed by atoms with E-state index in [2.05, 4.69) is 10.6 Å². The SMILES string of the molecule is CC(C)NC(=O)[C@@H]1CN(C(=O)NC(C)(C)C)C[C@@H]1c1cccc(F)c1. The highest BCUT2D eigenvalue weighted by molar-refractivity contribution is 5.83. The molecule has 0 bridgehead atoms. The third-order valence-electron chi connectivity index (χ3n) is 4.13. The van der Waals surface area contributed by atoms with Crippen LogP contribution in [0.4, 0.5) is 9.18 Å². The van der Waals surface area contributed by atoms with Gasteiger partial charge in [0.1, 0.15) is 5.82 Å². The zero-order valence-electron chi connectivity index (χ0n) is 15.6. The molecular formula is C19H28FN3O2. The fourth-order valence-corrected chi connectivity index (χ4v) is 3.10. The smallest absolute Gasteiger partial charge is 0.317 e. The summed E-state index contributed by atoms with van der Waals surface area (Å²) in [4.78, 5) is 26.8. The standard InChI is InChI=1S/C19H28FN3O2/c1-12(2)21-17(24)16-11-23(18(25)22-19(3,4)5)10-15(16)13-7-6-8-14(20)9-13/h6-9,12,15-16H,10-11H2,1-5H3,(H,21,24)(H,22,25)/t15-,16-/m1/s1. The molecule has 1 saturated heterocycles. The van der Waals surface area contributed by atoms with E-state index in [0.29, 0.717) is 13.1 Å². The van der Waals surface area contributed by atoms with Crippen molar-refractivity contribution >= 4 is 11.9 Å². The highest BCUT2D eigenvalue weighted by Gasteiger charge is 2.41. The first kappa shape index (κ1) is 19.2. The minimum Gasteiger partial charge on any atom is -0.354 e. The summed E-state index contributed by atoms with van der Waals surface area (Å²) in [5, 5.41) is 5.84. The molecule has 1 heterocycles. The maximum absolute atomic E-state index is 13.6. The summed E-state index contributed by atoms with van der Waals surface area (Å²) in [6.45, 7) is 10.2. The van der Waals surface area contributed by atoms with Crippen LogP contribution in [0.25, 0.3) is 0 Å².